The Morgan fingerprint density at radius 1 is 0.123 bits per heavy atom. The highest BCUT2D eigenvalue weighted by atomic mass is 16.3. The van der Waals surface area contributed by atoms with Gasteiger partial charge in [-0.2, -0.15) is 0 Å². The van der Waals surface area contributed by atoms with E-state index in [2.05, 4.69) is 0 Å². The average Bonchev–Trinajstić information content (AvgIpc) is 3.77. The zero-order chi connectivity index (χ0) is 54.1. The lowest BCUT2D eigenvalue weighted by molar-refractivity contribution is 0.675. The van der Waals surface area contributed by atoms with Gasteiger partial charge in [-0.1, -0.05) is 87.4 Å². The fraction of sp³-hybridized carbons (Fsp3) is 0. The molecule has 9 rings (SSSR count). The van der Waals surface area contributed by atoms with Crippen LogP contribution in [0, 0.1) is 0 Å². The van der Waals surface area contributed by atoms with E-state index in [9.17, 15) is 0 Å². The topological polar surface area (TPSA) is 13.1 Å². The van der Waals surface area contributed by atoms with E-state index in [1.165, 1.54) is 0 Å². The van der Waals surface area contributed by atoms with E-state index >= 15 is 0 Å². The van der Waals surface area contributed by atoms with Crippen molar-refractivity contribution in [1.82, 2.24) is 0 Å². The second-order valence-corrected chi connectivity index (χ2v) is 17.6. The van der Waals surface area contributed by atoms with E-state index in [0.717, 1.165) is 0 Å². The molecule has 73 heavy (non-hydrogen) atoms. The van der Waals surface area contributed by atoms with E-state index in [1.54, 1.807) is 0 Å². The molecule has 0 aliphatic carbocycles. The van der Waals surface area contributed by atoms with Crippen LogP contribution in [0.15, 0.2) is 4.42 Å². The molecule has 0 atom stereocenters. The largest absolute Gasteiger partial charge is 0.457 e. The first-order valence-corrected chi connectivity index (χ1v) is 21.2. The lowest BCUT2D eigenvalue weighted by Crippen LogP contribution is -2.57. The fourth-order valence-corrected chi connectivity index (χ4v) is 9.97. The number of rotatable bonds is 4. The Morgan fingerprint density at radius 3 is 0.589 bits per heavy atom. The molecule has 29 heteroatoms. The maximum atomic E-state index is 7.42. The first-order chi connectivity index (χ1) is 34.0. The summed E-state index contributed by atoms with van der Waals surface area (Å²) in [6.45, 7) is 0. The van der Waals surface area contributed by atoms with Crippen molar-refractivity contribution in [3.8, 4) is 44.5 Å². The molecule has 8 aromatic carbocycles. The summed E-state index contributed by atoms with van der Waals surface area (Å²) in [6.07, 6.45) is 0. The van der Waals surface area contributed by atoms with Crippen LogP contribution in [0.4, 0.5) is 0 Å². The Hall–Kier alpha value is -4.10. The van der Waals surface area contributed by atoms with Gasteiger partial charge in [-0.25, -0.2) is 0 Å². The van der Waals surface area contributed by atoms with Crippen LogP contribution in [0.1, 0.15) is 0 Å². The molecule has 9 aromatic rings. The molecular formula is C44B28O. The van der Waals surface area contributed by atoms with E-state index < -0.39 is 0 Å². The predicted molar refractivity (Wildman–Crippen MR) is 341 cm³/mol. The summed E-state index contributed by atoms with van der Waals surface area (Å²) >= 11 is 0. The SMILES string of the molecule is [B]c1c([B])c([B])c(-c2c([B])c(-c3c([B])c([B])c([B])c([B])c3[B])c([B])c(-c3c4c([B])c([B])c([B])c([B])c4c(-c4c([B])c([B])c5oc6c([B])c([B])c([B])c([B])c6c5c4[B])c4c([B])c([B])c([B])c([B])c34)c2[B])c([B])c1[B]. The van der Waals surface area contributed by atoms with Gasteiger partial charge < -0.3 is 4.42 Å². The number of furan rings is 1. The molecule has 0 saturated carbocycles. The van der Waals surface area contributed by atoms with Crippen LogP contribution in [0.5, 0.6) is 0 Å². The van der Waals surface area contributed by atoms with E-state index in [-0.39, 0.29) is 241 Å². The number of fused-ring (bicyclic) bond motifs is 5. The zero-order valence-electron chi connectivity index (χ0n) is 38.6. The summed E-state index contributed by atoms with van der Waals surface area (Å²) in [6, 6.07) is 0. The van der Waals surface area contributed by atoms with Crippen molar-refractivity contribution in [3.63, 3.8) is 0 Å². The highest BCUT2D eigenvalue weighted by Gasteiger charge is 2.32. The third-order valence-electron chi connectivity index (χ3n) is 14.0. The number of hydrogen-bond acceptors (Lipinski definition) is 1. The summed E-state index contributed by atoms with van der Waals surface area (Å²) in [7, 11) is 190. The lowest BCUT2D eigenvalue weighted by Gasteiger charge is -2.34. The summed E-state index contributed by atoms with van der Waals surface area (Å²) in [5.41, 5.74) is -6.82. The molecule has 266 valence electrons. The van der Waals surface area contributed by atoms with Gasteiger partial charge >= 0.3 is 0 Å². The Labute approximate surface area is 461 Å². The van der Waals surface area contributed by atoms with Gasteiger partial charge in [-0.05, 0) is 66.1 Å². The van der Waals surface area contributed by atoms with Gasteiger partial charge in [-0.3, -0.25) is 0 Å². The molecule has 56 radical (unpaired) electrons. The lowest BCUT2D eigenvalue weighted by atomic mass is 9.54. The molecule has 0 fully saturated rings. The van der Waals surface area contributed by atoms with Crippen LogP contribution in [-0.2, 0) is 0 Å². The molecule has 1 heterocycles. The minimum absolute atomic E-state index is 0.0153. The van der Waals surface area contributed by atoms with Crippen LogP contribution in [0.25, 0.3) is 88.0 Å². The second kappa shape index (κ2) is 18.3. The van der Waals surface area contributed by atoms with Crippen LogP contribution in [-0.4, -0.2) is 220 Å². The molecule has 0 spiro atoms. The van der Waals surface area contributed by atoms with Crippen molar-refractivity contribution in [3.05, 3.63) is 0 Å². The molecule has 1 nitrogen and oxygen atoms in total. The molecule has 1 aromatic heterocycles. The maximum Gasteiger partial charge on any atom is 0.127 e. The van der Waals surface area contributed by atoms with Crippen LogP contribution in [0.2, 0.25) is 0 Å². The highest BCUT2D eigenvalue weighted by molar-refractivity contribution is 6.77. The van der Waals surface area contributed by atoms with Crippen molar-refractivity contribution < 1.29 is 4.42 Å². The third-order valence-corrected chi connectivity index (χ3v) is 14.0. The summed E-state index contributed by atoms with van der Waals surface area (Å²) in [4.78, 5) is 0. The Balaban J connectivity index is 1.66. The van der Waals surface area contributed by atoms with E-state index in [1.807, 2.05) is 0 Å². The van der Waals surface area contributed by atoms with Gasteiger partial charge in [0.1, 0.15) is 231 Å². The van der Waals surface area contributed by atoms with Crippen molar-refractivity contribution >= 4 is 416 Å². The minimum Gasteiger partial charge on any atom is -0.457 e. The molecule has 0 unspecified atom stereocenters. The van der Waals surface area contributed by atoms with Gasteiger partial charge in [0.15, 0.2) is 0 Å². The van der Waals surface area contributed by atoms with Gasteiger partial charge in [0.25, 0.3) is 0 Å². The summed E-state index contributed by atoms with van der Waals surface area (Å²) < 4.78 is 6.19. The summed E-state index contributed by atoms with van der Waals surface area (Å²) in [5, 5.41) is -0.115. The normalized spacial score (nSPS) is 11.7. The van der Waals surface area contributed by atoms with E-state index in [0.29, 0.717) is 0 Å². The Bertz CT molecular complexity index is 3880. The summed E-state index contributed by atoms with van der Waals surface area (Å²) in [5.74, 6) is 0. The monoisotopic (exact) mass is 852 g/mol. The molecular weight excluding hydrogens is 847 g/mol. The van der Waals surface area contributed by atoms with Crippen molar-refractivity contribution in [1.29, 1.82) is 0 Å². The molecule has 0 saturated heterocycles. The number of benzene rings is 8. The van der Waals surface area contributed by atoms with Crippen molar-refractivity contribution in [2.75, 3.05) is 0 Å². The fourth-order valence-electron chi connectivity index (χ4n) is 9.97. The molecule has 0 aliphatic heterocycles. The van der Waals surface area contributed by atoms with Crippen LogP contribution >= 0.6 is 0 Å². The van der Waals surface area contributed by atoms with E-state index in [4.69, 9.17) is 224 Å². The van der Waals surface area contributed by atoms with Crippen LogP contribution in [0.3, 0.4) is 0 Å². The minimum atomic E-state index is -0.314. The quantitative estimate of drug-likeness (QED) is 0.127. The van der Waals surface area contributed by atoms with Crippen molar-refractivity contribution in [2.45, 2.75) is 0 Å². The molecule has 0 aliphatic rings. The zero-order valence-corrected chi connectivity index (χ0v) is 38.6. The second-order valence-electron chi connectivity index (χ2n) is 17.6. The smallest absolute Gasteiger partial charge is 0.127 e. The molecule has 0 amide bonds. The average molecular weight is 847 g/mol. The first kappa shape index (κ1) is 53.7. The highest BCUT2D eigenvalue weighted by Crippen LogP contribution is 2.40. The predicted octanol–water partition coefficient (Wildman–Crippen LogP) is -21.2. The van der Waals surface area contributed by atoms with Gasteiger partial charge in [0.05, 0.1) is 0 Å². The maximum absolute atomic E-state index is 7.42. The standard InChI is InChI=1S/C44B28O/c45-15-7(16(46)10(12-25(55)35(65)39(69)36(66)26(12)56)17(47)9(15)11-23(53)33(63)38(68)34(64)24(11)54)1-3-5(21(51)31(61)29(59)19(3)49)2(6-4(1)20(50)30(60)32(62)22(6)52)8-18(48)13-14-28(58)37(67)40(70)42(72)44(14)73-43(13)41(71)27(8)57. The van der Waals surface area contributed by atoms with Crippen molar-refractivity contribution in [2.24, 2.45) is 0 Å². The van der Waals surface area contributed by atoms with Gasteiger partial charge in [0.2, 0.25) is 0 Å². The molecule has 0 bridgehead atoms. The number of hydrogen-bond donors (Lipinski definition) is 0. The first-order valence-electron chi connectivity index (χ1n) is 21.2. The Kier molecular flexibility index (Phi) is 13.5. The van der Waals surface area contributed by atoms with Gasteiger partial charge in [0, 0.05) is 10.8 Å². The molecule has 0 N–H and O–H groups in total. The Morgan fingerprint density at radius 2 is 0.288 bits per heavy atom. The van der Waals surface area contributed by atoms with Gasteiger partial charge in [-0.15, -0.1) is 65.6 Å². The third kappa shape index (κ3) is 7.09. The van der Waals surface area contributed by atoms with Crippen LogP contribution < -0.4 is 153 Å².